The second kappa shape index (κ2) is 6.35. The topological polar surface area (TPSA) is 55.1 Å². The Hall–Kier alpha value is -3.92. The Bertz CT molecular complexity index is 1340. The SMILES string of the molecule is O=C(O)c1ccc2nc(-c3ccccc3)c(-n3ccc4ccccc43)cc2c1. The molecule has 134 valence electrons. The maximum atomic E-state index is 11.4. The molecular formula is C24H16N2O2. The highest BCUT2D eigenvalue weighted by Crippen LogP contribution is 2.31. The van der Waals surface area contributed by atoms with Gasteiger partial charge in [-0.3, -0.25) is 0 Å². The van der Waals surface area contributed by atoms with Gasteiger partial charge in [-0.05, 0) is 41.8 Å². The van der Waals surface area contributed by atoms with Gasteiger partial charge in [0.25, 0.3) is 0 Å². The van der Waals surface area contributed by atoms with Crippen LogP contribution in [0.5, 0.6) is 0 Å². The highest BCUT2D eigenvalue weighted by molar-refractivity contribution is 5.95. The van der Waals surface area contributed by atoms with Crippen LogP contribution < -0.4 is 0 Å². The lowest BCUT2D eigenvalue weighted by molar-refractivity contribution is 0.0697. The van der Waals surface area contributed by atoms with E-state index >= 15 is 0 Å². The molecule has 0 fully saturated rings. The molecule has 0 amide bonds. The Morgan fingerprint density at radius 3 is 2.43 bits per heavy atom. The lowest BCUT2D eigenvalue weighted by Gasteiger charge is -2.14. The third-order valence-electron chi connectivity index (χ3n) is 4.95. The molecule has 0 saturated heterocycles. The number of aromatic nitrogens is 2. The van der Waals surface area contributed by atoms with E-state index in [-0.39, 0.29) is 5.56 Å². The van der Waals surface area contributed by atoms with Crippen LogP contribution in [0.15, 0.2) is 91.1 Å². The average Bonchev–Trinajstić information content (AvgIpc) is 3.17. The van der Waals surface area contributed by atoms with Crippen molar-refractivity contribution in [1.29, 1.82) is 0 Å². The standard InChI is InChI=1S/C24H16N2O2/c27-24(28)18-10-11-20-19(14-18)15-22(23(25-20)17-7-2-1-3-8-17)26-13-12-16-6-4-5-9-21(16)26/h1-15H,(H,27,28). The molecule has 28 heavy (non-hydrogen) atoms. The molecule has 2 aromatic heterocycles. The maximum absolute atomic E-state index is 11.4. The van der Waals surface area contributed by atoms with Crippen LogP contribution in [0, 0.1) is 0 Å². The summed E-state index contributed by atoms with van der Waals surface area (Å²) in [6, 6.07) is 27.3. The summed E-state index contributed by atoms with van der Waals surface area (Å²) in [6.45, 7) is 0. The van der Waals surface area contributed by atoms with Crippen LogP contribution in [-0.2, 0) is 0 Å². The summed E-state index contributed by atoms with van der Waals surface area (Å²) in [4.78, 5) is 16.3. The van der Waals surface area contributed by atoms with Crippen LogP contribution in [-0.4, -0.2) is 20.6 Å². The number of nitrogens with zero attached hydrogens (tertiary/aromatic N) is 2. The van der Waals surface area contributed by atoms with Crippen molar-refractivity contribution in [2.24, 2.45) is 0 Å². The second-order valence-corrected chi connectivity index (χ2v) is 6.68. The molecule has 3 aromatic carbocycles. The number of hydrogen-bond acceptors (Lipinski definition) is 2. The van der Waals surface area contributed by atoms with Gasteiger partial charge in [0.05, 0.1) is 28.0 Å². The molecule has 5 aromatic rings. The number of carboxylic acid groups (broad SMARTS) is 1. The van der Waals surface area contributed by atoms with Crippen molar-refractivity contribution in [3.63, 3.8) is 0 Å². The lowest BCUT2D eigenvalue weighted by atomic mass is 10.1. The summed E-state index contributed by atoms with van der Waals surface area (Å²) in [5, 5.41) is 11.3. The molecule has 0 aliphatic carbocycles. The summed E-state index contributed by atoms with van der Waals surface area (Å²) in [7, 11) is 0. The Morgan fingerprint density at radius 1 is 0.821 bits per heavy atom. The predicted molar refractivity (Wildman–Crippen MR) is 111 cm³/mol. The third kappa shape index (κ3) is 2.63. The molecule has 1 N–H and O–H groups in total. The molecule has 0 unspecified atom stereocenters. The van der Waals surface area contributed by atoms with Gasteiger partial charge >= 0.3 is 5.97 Å². The van der Waals surface area contributed by atoms with Crippen molar-refractivity contribution in [2.45, 2.75) is 0 Å². The van der Waals surface area contributed by atoms with Gasteiger partial charge in [-0.25, -0.2) is 9.78 Å². The van der Waals surface area contributed by atoms with Crippen LogP contribution in [0.25, 0.3) is 38.8 Å². The lowest BCUT2D eigenvalue weighted by Crippen LogP contribution is -2.00. The fourth-order valence-corrected chi connectivity index (χ4v) is 3.58. The minimum Gasteiger partial charge on any atom is -0.478 e. The zero-order chi connectivity index (χ0) is 19.1. The molecule has 0 atom stereocenters. The Balaban J connectivity index is 1.85. The number of carbonyl (C=O) groups is 1. The maximum Gasteiger partial charge on any atom is 0.335 e. The zero-order valence-corrected chi connectivity index (χ0v) is 14.9. The molecule has 0 saturated carbocycles. The summed E-state index contributed by atoms with van der Waals surface area (Å²) in [5.74, 6) is -0.943. The Morgan fingerprint density at radius 2 is 1.61 bits per heavy atom. The molecular weight excluding hydrogens is 348 g/mol. The first-order valence-electron chi connectivity index (χ1n) is 9.01. The van der Waals surface area contributed by atoms with E-state index in [4.69, 9.17) is 4.98 Å². The molecule has 5 rings (SSSR count). The predicted octanol–water partition coefficient (Wildman–Crippen LogP) is 5.54. The van der Waals surface area contributed by atoms with Gasteiger partial charge < -0.3 is 9.67 Å². The highest BCUT2D eigenvalue weighted by Gasteiger charge is 2.14. The van der Waals surface area contributed by atoms with Crippen molar-refractivity contribution in [1.82, 2.24) is 9.55 Å². The monoisotopic (exact) mass is 364 g/mol. The fourth-order valence-electron chi connectivity index (χ4n) is 3.58. The number of pyridine rings is 1. The molecule has 0 spiro atoms. The third-order valence-corrected chi connectivity index (χ3v) is 4.95. The first kappa shape index (κ1) is 16.3. The van der Waals surface area contributed by atoms with Gasteiger partial charge in [0.15, 0.2) is 0 Å². The second-order valence-electron chi connectivity index (χ2n) is 6.68. The minimum atomic E-state index is -0.943. The van der Waals surface area contributed by atoms with E-state index in [1.807, 2.05) is 54.7 Å². The van der Waals surface area contributed by atoms with Crippen molar-refractivity contribution < 1.29 is 9.90 Å². The van der Waals surface area contributed by atoms with E-state index in [1.165, 1.54) is 0 Å². The Kier molecular flexibility index (Phi) is 3.69. The van der Waals surface area contributed by atoms with E-state index < -0.39 is 5.97 Å². The molecule has 4 nitrogen and oxygen atoms in total. The number of hydrogen-bond donors (Lipinski definition) is 1. The summed E-state index contributed by atoms with van der Waals surface area (Å²) in [6.07, 6.45) is 2.03. The van der Waals surface area contributed by atoms with E-state index in [1.54, 1.807) is 18.2 Å². The van der Waals surface area contributed by atoms with E-state index in [9.17, 15) is 9.90 Å². The van der Waals surface area contributed by atoms with Crippen LogP contribution in [0.4, 0.5) is 0 Å². The van der Waals surface area contributed by atoms with Gasteiger partial charge in [-0.2, -0.15) is 0 Å². The highest BCUT2D eigenvalue weighted by atomic mass is 16.4. The minimum absolute atomic E-state index is 0.255. The average molecular weight is 364 g/mol. The molecule has 0 aliphatic heterocycles. The molecule has 2 heterocycles. The van der Waals surface area contributed by atoms with Crippen molar-refractivity contribution in [3.8, 4) is 16.9 Å². The number of benzene rings is 3. The summed E-state index contributed by atoms with van der Waals surface area (Å²) < 4.78 is 2.11. The van der Waals surface area contributed by atoms with E-state index in [0.29, 0.717) is 0 Å². The van der Waals surface area contributed by atoms with Gasteiger partial charge in [0.1, 0.15) is 0 Å². The summed E-state index contributed by atoms with van der Waals surface area (Å²) in [5.41, 5.74) is 4.89. The van der Waals surface area contributed by atoms with Gasteiger partial charge in [0, 0.05) is 17.1 Å². The van der Waals surface area contributed by atoms with Gasteiger partial charge in [-0.15, -0.1) is 0 Å². The van der Waals surface area contributed by atoms with Crippen LogP contribution in [0.1, 0.15) is 10.4 Å². The van der Waals surface area contributed by atoms with Gasteiger partial charge in [-0.1, -0.05) is 48.5 Å². The molecule has 4 heteroatoms. The van der Waals surface area contributed by atoms with E-state index in [0.717, 1.165) is 38.8 Å². The van der Waals surface area contributed by atoms with Crippen molar-refractivity contribution in [3.05, 3.63) is 96.7 Å². The van der Waals surface area contributed by atoms with Crippen LogP contribution in [0.3, 0.4) is 0 Å². The van der Waals surface area contributed by atoms with Gasteiger partial charge in [0.2, 0.25) is 0 Å². The van der Waals surface area contributed by atoms with Crippen molar-refractivity contribution in [2.75, 3.05) is 0 Å². The fraction of sp³-hybridized carbons (Fsp3) is 0. The largest absolute Gasteiger partial charge is 0.478 e. The quantitative estimate of drug-likeness (QED) is 0.457. The van der Waals surface area contributed by atoms with Crippen LogP contribution in [0.2, 0.25) is 0 Å². The first-order valence-corrected chi connectivity index (χ1v) is 9.01. The number of para-hydroxylation sites is 1. The van der Waals surface area contributed by atoms with Crippen LogP contribution >= 0.6 is 0 Å². The first-order chi connectivity index (χ1) is 13.7. The summed E-state index contributed by atoms with van der Waals surface area (Å²) >= 11 is 0. The number of carboxylic acids is 1. The smallest absolute Gasteiger partial charge is 0.335 e. The van der Waals surface area contributed by atoms with Crippen molar-refractivity contribution >= 4 is 27.8 Å². The number of fused-ring (bicyclic) bond motifs is 2. The normalized spacial score (nSPS) is 11.1. The number of aromatic carboxylic acids is 1. The Labute approximate surface area is 161 Å². The molecule has 0 radical (unpaired) electrons. The van der Waals surface area contributed by atoms with E-state index in [2.05, 4.69) is 22.8 Å². The number of rotatable bonds is 3. The molecule has 0 aliphatic rings. The molecule has 0 bridgehead atoms. The zero-order valence-electron chi connectivity index (χ0n) is 14.9.